The van der Waals surface area contributed by atoms with Crippen LogP contribution in [0.1, 0.15) is 133 Å². The number of aliphatic hydroxyl groups is 1. The fourth-order valence-electron chi connectivity index (χ4n) is 9.79. The van der Waals surface area contributed by atoms with Gasteiger partial charge in [-0.1, -0.05) is 72.8 Å². The van der Waals surface area contributed by atoms with E-state index in [2.05, 4.69) is 67.5 Å². The molecule has 0 saturated heterocycles. The van der Waals surface area contributed by atoms with Crippen LogP contribution >= 0.6 is 0 Å². The third kappa shape index (κ3) is 10.5. The summed E-state index contributed by atoms with van der Waals surface area (Å²) in [7, 11) is -3.52. The predicted octanol–water partition coefficient (Wildman–Crippen LogP) is 11.8. The molecule has 0 aromatic heterocycles. The Kier molecular flexibility index (Phi) is 15.8. The molecule has 3 aliphatic rings. The molecule has 3 fully saturated rings. The highest BCUT2D eigenvalue weighted by Crippen LogP contribution is 2.59. The van der Waals surface area contributed by atoms with Crippen molar-refractivity contribution in [3.8, 4) is 0 Å². The van der Waals surface area contributed by atoms with E-state index in [1.807, 2.05) is 13.8 Å². The molecule has 0 bridgehead atoms. The van der Waals surface area contributed by atoms with E-state index in [-0.39, 0.29) is 12.2 Å². The largest absolute Gasteiger partial charge is 0.413 e. The van der Waals surface area contributed by atoms with Crippen molar-refractivity contribution in [3.05, 3.63) is 35.5 Å². The highest BCUT2D eigenvalue weighted by Gasteiger charge is 2.49. The van der Waals surface area contributed by atoms with Gasteiger partial charge in [-0.05, 0) is 149 Å². The molecule has 3 saturated carbocycles. The van der Waals surface area contributed by atoms with Crippen molar-refractivity contribution < 1.29 is 18.7 Å². The van der Waals surface area contributed by atoms with Crippen LogP contribution in [0.5, 0.6) is 0 Å². The Bertz CT molecular complexity index is 1020. The van der Waals surface area contributed by atoms with Crippen LogP contribution in [0.25, 0.3) is 0 Å². The minimum atomic E-state index is -1.79. The van der Waals surface area contributed by atoms with Crippen LogP contribution in [0.15, 0.2) is 35.5 Å². The Balaban J connectivity index is 1.84. The minimum absolute atomic E-state index is 0.0863. The van der Waals surface area contributed by atoms with Crippen molar-refractivity contribution in [3.63, 3.8) is 0 Å². The maximum atomic E-state index is 10.6. The fraction of sp³-hybridized carbons (Fsp3) is 0.854. The average Bonchev–Trinajstić information content (AvgIpc) is 3.40. The molecule has 0 amide bonds. The number of allylic oxidation sites excluding steroid dienone is 3. The molecule has 0 heterocycles. The summed E-state index contributed by atoms with van der Waals surface area (Å²) < 4.78 is 20.2. The van der Waals surface area contributed by atoms with E-state index >= 15 is 0 Å². The van der Waals surface area contributed by atoms with E-state index in [0.29, 0.717) is 17.3 Å². The summed E-state index contributed by atoms with van der Waals surface area (Å²) in [6.07, 6.45) is 17.0. The van der Waals surface area contributed by atoms with Gasteiger partial charge in [0.2, 0.25) is 0 Å². The fourth-order valence-corrected chi connectivity index (χ4v) is 15.5. The molecule has 3 rings (SSSR count). The smallest absolute Gasteiger partial charge is 0.192 e. The van der Waals surface area contributed by atoms with Gasteiger partial charge < -0.3 is 18.7 Å². The number of hydrogen-bond donors (Lipinski definition) is 1. The summed E-state index contributed by atoms with van der Waals surface area (Å²) in [6.45, 7) is 28.9. The second kappa shape index (κ2) is 18.1. The Labute approximate surface area is 293 Å². The summed E-state index contributed by atoms with van der Waals surface area (Å²) in [6, 6.07) is 7.07. The SMILES string of the molecule is C=C1/C(=C\C=C2/CCCC3(C)[C@@H](CC[C@H](COCC)CC(C)(C)O)CC[C@@H]23)C[C@@H](O[Si](CC)(CC)CC)CC1O[Si](CC)(CC)CC. The normalized spacial score (nSPS) is 29.9. The van der Waals surface area contributed by atoms with Gasteiger partial charge in [-0.15, -0.1) is 0 Å². The van der Waals surface area contributed by atoms with Crippen LogP contribution < -0.4 is 0 Å². The zero-order valence-electron chi connectivity index (χ0n) is 32.6. The molecule has 2 unspecified atom stereocenters. The third-order valence-electron chi connectivity index (χ3n) is 13.3. The van der Waals surface area contributed by atoms with E-state index in [0.717, 1.165) is 44.8 Å². The monoisotopic (exact) mass is 689 g/mol. The van der Waals surface area contributed by atoms with Gasteiger partial charge >= 0.3 is 0 Å². The standard InChI is InChI=1S/C41H76O4Si2/c1-12-43-31-33(30-40(9,10)42)21-24-36-25-26-38-34(20-19-27-41(36,38)11)22-23-35-28-37(44-46(13-2,14-3)15-4)29-39(32(35)8)45-47(16-5,17-6)18-7/h22-23,33,36-39,42H,8,12-21,24-31H2,1-7,9-11H3/b34-22+,35-23-/t33-,36-,37+,38-,39?,41?/m0/s1. The summed E-state index contributed by atoms with van der Waals surface area (Å²) in [5.41, 5.74) is 4.00. The first-order valence-electron chi connectivity index (χ1n) is 20.0. The van der Waals surface area contributed by atoms with E-state index in [9.17, 15) is 5.11 Å². The van der Waals surface area contributed by atoms with Crippen molar-refractivity contribution in [1.29, 1.82) is 0 Å². The molecule has 0 spiro atoms. The number of hydrogen-bond acceptors (Lipinski definition) is 4. The lowest BCUT2D eigenvalue weighted by Gasteiger charge is -2.43. The quantitative estimate of drug-likeness (QED) is 0.137. The molecular formula is C41H76O4Si2. The molecule has 272 valence electrons. The highest BCUT2D eigenvalue weighted by atomic mass is 28.4. The molecule has 47 heavy (non-hydrogen) atoms. The van der Waals surface area contributed by atoms with E-state index in [1.165, 1.54) is 85.9 Å². The van der Waals surface area contributed by atoms with Crippen molar-refractivity contribution in [2.75, 3.05) is 13.2 Å². The van der Waals surface area contributed by atoms with Gasteiger partial charge in [-0.2, -0.15) is 0 Å². The van der Waals surface area contributed by atoms with Gasteiger partial charge in [-0.3, -0.25) is 0 Å². The summed E-state index contributed by atoms with van der Waals surface area (Å²) in [5.74, 6) is 1.85. The van der Waals surface area contributed by atoms with Crippen molar-refractivity contribution in [2.24, 2.45) is 23.2 Å². The Morgan fingerprint density at radius 1 is 0.936 bits per heavy atom. The predicted molar refractivity (Wildman–Crippen MR) is 207 cm³/mol. The molecule has 6 heteroatoms. The topological polar surface area (TPSA) is 47.9 Å². The van der Waals surface area contributed by atoms with Crippen molar-refractivity contribution in [1.82, 2.24) is 0 Å². The van der Waals surface area contributed by atoms with Gasteiger partial charge in [0.25, 0.3) is 0 Å². The van der Waals surface area contributed by atoms with Crippen molar-refractivity contribution in [2.45, 2.75) is 188 Å². The molecule has 4 nitrogen and oxygen atoms in total. The Hall–Kier alpha value is -0.506. The first-order chi connectivity index (χ1) is 22.3. The maximum absolute atomic E-state index is 10.6. The first kappa shape index (κ1) is 40.9. The van der Waals surface area contributed by atoms with E-state index in [4.69, 9.17) is 20.2 Å². The highest BCUT2D eigenvalue weighted by molar-refractivity contribution is 6.74. The second-order valence-corrected chi connectivity index (χ2v) is 26.0. The van der Waals surface area contributed by atoms with Crippen molar-refractivity contribution >= 4 is 16.6 Å². The van der Waals surface area contributed by atoms with Crippen LogP contribution in [0, 0.1) is 23.2 Å². The molecule has 0 radical (unpaired) electrons. The molecule has 0 aromatic carbocycles. The van der Waals surface area contributed by atoms with Crippen LogP contribution in [0.3, 0.4) is 0 Å². The summed E-state index contributed by atoms with van der Waals surface area (Å²) >= 11 is 0. The zero-order valence-corrected chi connectivity index (χ0v) is 34.6. The number of rotatable bonds is 19. The van der Waals surface area contributed by atoms with Gasteiger partial charge in [0.05, 0.1) is 17.8 Å². The summed E-state index contributed by atoms with van der Waals surface area (Å²) in [4.78, 5) is 0. The molecule has 1 N–H and O–H groups in total. The van der Waals surface area contributed by atoms with Gasteiger partial charge in [0.15, 0.2) is 16.6 Å². The molecule has 0 aromatic rings. The number of ether oxygens (including phenoxy) is 1. The second-order valence-electron chi connectivity index (χ2n) is 16.5. The molecule has 3 aliphatic carbocycles. The van der Waals surface area contributed by atoms with Gasteiger partial charge in [-0.25, -0.2) is 0 Å². The lowest BCUT2D eigenvalue weighted by Crippen LogP contribution is -2.46. The van der Waals surface area contributed by atoms with E-state index in [1.54, 1.807) is 5.57 Å². The molecule has 0 aliphatic heterocycles. The third-order valence-corrected chi connectivity index (χ3v) is 22.7. The average molecular weight is 689 g/mol. The zero-order chi connectivity index (χ0) is 34.9. The van der Waals surface area contributed by atoms with Gasteiger partial charge in [0.1, 0.15) is 0 Å². The lowest BCUT2D eigenvalue weighted by molar-refractivity contribution is 0.0185. The number of fused-ring (bicyclic) bond motifs is 1. The van der Waals surface area contributed by atoms with Crippen LogP contribution in [0.2, 0.25) is 36.3 Å². The summed E-state index contributed by atoms with van der Waals surface area (Å²) in [5, 5.41) is 10.6. The van der Waals surface area contributed by atoms with Crippen LogP contribution in [0.4, 0.5) is 0 Å². The maximum Gasteiger partial charge on any atom is 0.192 e. The lowest BCUT2D eigenvalue weighted by atomic mass is 9.62. The minimum Gasteiger partial charge on any atom is -0.413 e. The van der Waals surface area contributed by atoms with Crippen LogP contribution in [-0.2, 0) is 13.6 Å². The molecule has 6 atom stereocenters. The van der Waals surface area contributed by atoms with Crippen LogP contribution in [-0.4, -0.2) is 52.8 Å². The Morgan fingerprint density at radius 3 is 2.13 bits per heavy atom. The first-order valence-corrected chi connectivity index (χ1v) is 25.1. The Morgan fingerprint density at radius 2 is 1.55 bits per heavy atom. The molecular weight excluding hydrogens is 613 g/mol. The van der Waals surface area contributed by atoms with Gasteiger partial charge in [0, 0.05) is 19.6 Å². The van der Waals surface area contributed by atoms with E-state index < -0.39 is 22.2 Å².